The maximum atomic E-state index is 9.43. The Hall–Kier alpha value is -0.760. The lowest BCUT2D eigenvalue weighted by atomic mass is 10.2. The van der Waals surface area contributed by atoms with E-state index >= 15 is 0 Å². The summed E-state index contributed by atoms with van der Waals surface area (Å²) in [5.41, 5.74) is 0. The molecule has 17 heavy (non-hydrogen) atoms. The molecule has 1 saturated heterocycles. The second-order valence-electron chi connectivity index (χ2n) is 3.91. The molecule has 3 rings (SSSR count). The summed E-state index contributed by atoms with van der Waals surface area (Å²) in [4.78, 5) is 5.31. The van der Waals surface area contributed by atoms with Crippen molar-refractivity contribution < 1.29 is 9.63 Å². The zero-order chi connectivity index (χ0) is 11.8. The van der Waals surface area contributed by atoms with Crippen LogP contribution in [0.25, 0.3) is 10.7 Å². The minimum atomic E-state index is -0.328. The molecule has 0 bridgehead atoms. The average Bonchev–Trinajstić information content (AvgIpc) is 2.96. The van der Waals surface area contributed by atoms with E-state index in [9.17, 15) is 5.11 Å². The Balaban J connectivity index is 1.83. The van der Waals surface area contributed by atoms with Gasteiger partial charge in [-0.3, -0.25) is 0 Å². The summed E-state index contributed by atoms with van der Waals surface area (Å²) in [5, 5.41) is 16.5. The highest BCUT2D eigenvalue weighted by molar-refractivity contribution is 9.11. The molecule has 0 aliphatic carbocycles. The summed E-state index contributed by atoms with van der Waals surface area (Å²) in [6.07, 6.45) is 0.293. The van der Waals surface area contributed by atoms with Gasteiger partial charge in [-0.1, -0.05) is 5.16 Å². The Bertz CT molecular complexity index is 527. The number of hydrogen-bond acceptors (Lipinski definition) is 6. The van der Waals surface area contributed by atoms with Crippen molar-refractivity contribution in [1.29, 1.82) is 0 Å². The quantitative estimate of drug-likeness (QED) is 0.886. The molecular weight excluding hydrogens is 306 g/mol. The zero-order valence-corrected chi connectivity index (χ0v) is 11.2. The summed E-state index contributed by atoms with van der Waals surface area (Å²) < 4.78 is 6.25. The van der Waals surface area contributed by atoms with Crippen molar-refractivity contribution in [2.45, 2.75) is 18.6 Å². The van der Waals surface area contributed by atoms with Gasteiger partial charge in [-0.25, -0.2) is 0 Å². The molecule has 0 amide bonds. The van der Waals surface area contributed by atoms with Crippen LogP contribution in [0, 0.1) is 0 Å². The van der Waals surface area contributed by atoms with E-state index in [0.717, 1.165) is 8.66 Å². The number of aliphatic hydroxyl groups excluding tert-OH is 1. The Morgan fingerprint density at radius 3 is 3.06 bits per heavy atom. The number of thiophene rings is 1. The van der Waals surface area contributed by atoms with Gasteiger partial charge in [0, 0.05) is 6.54 Å². The van der Waals surface area contributed by atoms with Gasteiger partial charge in [0.05, 0.1) is 20.8 Å². The highest BCUT2D eigenvalue weighted by Gasteiger charge is 2.28. The van der Waals surface area contributed by atoms with Gasteiger partial charge >= 0.3 is 0 Å². The van der Waals surface area contributed by atoms with E-state index in [-0.39, 0.29) is 12.1 Å². The van der Waals surface area contributed by atoms with Gasteiger partial charge in [0.25, 0.3) is 0 Å². The standard InChI is InChI=1S/C10H10BrN3O2S/c11-8-2-1-7(17-8)9-13-10(16-14-9)6-3-5(15)4-12-6/h1-2,5-6,12,15H,3-4H2/t5-,6+/m1/s1. The maximum absolute atomic E-state index is 9.43. The van der Waals surface area contributed by atoms with Crippen molar-refractivity contribution >= 4 is 27.3 Å². The van der Waals surface area contributed by atoms with Crippen LogP contribution >= 0.6 is 27.3 Å². The van der Waals surface area contributed by atoms with Gasteiger partial charge in [-0.15, -0.1) is 11.3 Å². The van der Waals surface area contributed by atoms with Gasteiger partial charge in [-0.05, 0) is 34.5 Å². The lowest BCUT2D eigenvalue weighted by Crippen LogP contribution is -2.15. The van der Waals surface area contributed by atoms with Gasteiger partial charge in [0.1, 0.15) is 0 Å². The van der Waals surface area contributed by atoms with Crippen LogP contribution in [0.4, 0.5) is 0 Å². The molecule has 90 valence electrons. The second kappa shape index (κ2) is 4.49. The lowest BCUT2D eigenvalue weighted by molar-refractivity contribution is 0.191. The SMILES string of the molecule is O[C@H]1CN[C@H](c2nc(-c3ccc(Br)s3)no2)C1. The van der Waals surface area contributed by atoms with Crippen LogP contribution in [0.15, 0.2) is 20.4 Å². The van der Waals surface area contributed by atoms with E-state index in [1.165, 1.54) is 0 Å². The number of β-amino-alcohol motifs (C(OH)–C–C–N with tert-alkyl or cyclic N) is 1. The lowest BCUT2D eigenvalue weighted by Gasteiger charge is -2.01. The minimum Gasteiger partial charge on any atom is -0.392 e. The third-order valence-corrected chi connectivity index (χ3v) is 4.26. The molecule has 0 radical (unpaired) electrons. The largest absolute Gasteiger partial charge is 0.392 e. The molecule has 1 aliphatic heterocycles. The predicted octanol–water partition coefficient (Wildman–Crippen LogP) is 1.96. The number of nitrogens with zero attached hydrogens (tertiary/aromatic N) is 2. The summed E-state index contributed by atoms with van der Waals surface area (Å²) in [6, 6.07) is 3.86. The molecular formula is C10H10BrN3O2S. The van der Waals surface area contributed by atoms with Crippen molar-refractivity contribution in [3.63, 3.8) is 0 Å². The summed E-state index contributed by atoms with van der Waals surface area (Å²) in [5.74, 6) is 1.14. The molecule has 3 heterocycles. The van der Waals surface area contributed by atoms with Crippen LogP contribution < -0.4 is 5.32 Å². The Kier molecular flexibility index (Phi) is 2.99. The first-order valence-electron chi connectivity index (χ1n) is 5.23. The van der Waals surface area contributed by atoms with Crippen LogP contribution in [0.5, 0.6) is 0 Å². The van der Waals surface area contributed by atoms with Crippen LogP contribution in [0.1, 0.15) is 18.4 Å². The fraction of sp³-hybridized carbons (Fsp3) is 0.400. The number of halogens is 1. The van der Waals surface area contributed by atoms with Crippen molar-refractivity contribution in [2.75, 3.05) is 6.54 Å². The third-order valence-electron chi connectivity index (χ3n) is 2.64. The molecule has 2 aromatic rings. The molecule has 0 spiro atoms. The van der Waals surface area contributed by atoms with E-state index in [2.05, 4.69) is 31.4 Å². The smallest absolute Gasteiger partial charge is 0.244 e. The van der Waals surface area contributed by atoms with Gasteiger partial charge in [0.2, 0.25) is 11.7 Å². The third kappa shape index (κ3) is 2.28. The van der Waals surface area contributed by atoms with Gasteiger partial charge in [-0.2, -0.15) is 4.98 Å². The fourth-order valence-corrected chi connectivity index (χ4v) is 3.13. The molecule has 5 nitrogen and oxygen atoms in total. The topological polar surface area (TPSA) is 71.2 Å². The summed E-state index contributed by atoms with van der Waals surface area (Å²) >= 11 is 4.96. The van der Waals surface area contributed by atoms with Gasteiger partial charge < -0.3 is 14.9 Å². The van der Waals surface area contributed by atoms with Crippen LogP contribution in [0.3, 0.4) is 0 Å². The van der Waals surface area contributed by atoms with E-state index < -0.39 is 0 Å². The van der Waals surface area contributed by atoms with Gasteiger partial charge in [0.15, 0.2) is 0 Å². The van der Waals surface area contributed by atoms with Crippen LogP contribution in [-0.2, 0) is 0 Å². The first-order valence-corrected chi connectivity index (χ1v) is 6.84. The second-order valence-corrected chi connectivity index (χ2v) is 6.37. The van der Waals surface area contributed by atoms with E-state index in [4.69, 9.17) is 4.52 Å². The number of aliphatic hydroxyl groups is 1. The summed E-state index contributed by atoms with van der Waals surface area (Å²) in [7, 11) is 0. The number of rotatable bonds is 2. The van der Waals surface area contributed by atoms with Crippen molar-refractivity contribution in [3.8, 4) is 10.7 Å². The Labute approximate surface area is 110 Å². The Morgan fingerprint density at radius 2 is 2.41 bits per heavy atom. The molecule has 2 atom stereocenters. The molecule has 0 unspecified atom stereocenters. The highest BCUT2D eigenvalue weighted by atomic mass is 79.9. The molecule has 1 fully saturated rings. The zero-order valence-electron chi connectivity index (χ0n) is 8.76. The average molecular weight is 316 g/mol. The molecule has 2 N–H and O–H groups in total. The molecule has 7 heteroatoms. The molecule has 2 aromatic heterocycles. The van der Waals surface area contributed by atoms with Crippen LogP contribution in [0.2, 0.25) is 0 Å². The molecule has 0 saturated carbocycles. The number of aromatic nitrogens is 2. The fourth-order valence-electron chi connectivity index (χ4n) is 1.82. The van der Waals surface area contributed by atoms with Crippen molar-refractivity contribution in [1.82, 2.24) is 15.5 Å². The van der Waals surface area contributed by atoms with Crippen LogP contribution in [-0.4, -0.2) is 27.9 Å². The van der Waals surface area contributed by atoms with E-state index in [1.54, 1.807) is 11.3 Å². The molecule has 0 aromatic carbocycles. The summed E-state index contributed by atoms with van der Waals surface area (Å²) in [6.45, 7) is 0.576. The monoisotopic (exact) mass is 315 g/mol. The predicted molar refractivity (Wildman–Crippen MR) is 66.7 cm³/mol. The van der Waals surface area contributed by atoms with E-state index in [1.807, 2.05) is 12.1 Å². The minimum absolute atomic E-state index is 0.0327. The Morgan fingerprint density at radius 1 is 1.53 bits per heavy atom. The highest BCUT2D eigenvalue weighted by Crippen LogP contribution is 2.31. The normalized spacial score (nSPS) is 24.4. The van der Waals surface area contributed by atoms with Crippen molar-refractivity contribution in [2.24, 2.45) is 0 Å². The maximum Gasteiger partial charge on any atom is 0.244 e. The number of hydrogen-bond donors (Lipinski definition) is 2. The first kappa shape index (κ1) is 11.3. The first-order chi connectivity index (χ1) is 8.22. The molecule has 1 aliphatic rings. The number of nitrogens with one attached hydrogen (secondary N) is 1. The van der Waals surface area contributed by atoms with Crippen molar-refractivity contribution in [3.05, 3.63) is 21.8 Å². The van der Waals surface area contributed by atoms with E-state index in [0.29, 0.717) is 24.7 Å².